The van der Waals surface area contributed by atoms with E-state index in [9.17, 15) is 13.6 Å². The van der Waals surface area contributed by atoms with Gasteiger partial charge in [0, 0.05) is 11.0 Å². The number of carbonyl (C=O) groups is 1. The Bertz CT molecular complexity index is 819. The molecule has 0 aliphatic rings. The summed E-state index contributed by atoms with van der Waals surface area (Å²) in [5.74, 6) is -2.38. The zero-order valence-corrected chi connectivity index (χ0v) is 13.9. The maximum atomic E-state index is 12.6. The van der Waals surface area contributed by atoms with Gasteiger partial charge >= 0.3 is 0 Å². The van der Waals surface area contributed by atoms with Gasteiger partial charge in [0.15, 0.2) is 5.76 Å². The van der Waals surface area contributed by atoms with E-state index in [1.54, 1.807) is 18.2 Å². The molecule has 4 nitrogen and oxygen atoms in total. The van der Waals surface area contributed by atoms with Crippen molar-refractivity contribution in [3.05, 3.63) is 59.1 Å². The molecule has 1 amide bonds. The Morgan fingerprint density at radius 1 is 1.29 bits per heavy atom. The highest BCUT2D eigenvalue weighted by Gasteiger charge is 2.15. The third-order valence-corrected chi connectivity index (χ3v) is 4.77. The van der Waals surface area contributed by atoms with Crippen LogP contribution in [0.1, 0.15) is 16.1 Å². The number of hydrogen-bond donors (Lipinski definition) is 1. The highest BCUT2D eigenvalue weighted by atomic mass is 32.2. The molecule has 3 rings (SSSR count). The van der Waals surface area contributed by atoms with Gasteiger partial charge in [0.1, 0.15) is 5.69 Å². The molecule has 0 bridgehead atoms. The van der Waals surface area contributed by atoms with Crippen molar-refractivity contribution in [2.75, 3.05) is 0 Å². The van der Waals surface area contributed by atoms with Gasteiger partial charge in [-0.2, -0.15) is 8.78 Å². The molecule has 8 heteroatoms. The highest BCUT2D eigenvalue weighted by Crippen LogP contribution is 2.28. The fourth-order valence-corrected chi connectivity index (χ4v) is 3.36. The van der Waals surface area contributed by atoms with Gasteiger partial charge in [-0.1, -0.05) is 35.1 Å². The van der Waals surface area contributed by atoms with Crippen molar-refractivity contribution in [2.45, 2.75) is 17.2 Å². The van der Waals surface area contributed by atoms with Crippen LogP contribution in [0.15, 0.2) is 57.3 Å². The van der Waals surface area contributed by atoms with Crippen LogP contribution in [0.2, 0.25) is 0 Å². The molecule has 1 aromatic carbocycles. The first kappa shape index (κ1) is 16.7. The summed E-state index contributed by atoms with van der Waals surface area (Å²) in [5, 5.41) is 8.50. The number of rotatable bonds is 6. The molecule has 2 aromatic heterocycles. The Hall–Kier alpha value is -2.19. The molecule has 0 aliphatic carbocycles. The van der Waals surface area contributed by atoms with Gasteiger partial charge in [-0.25, -0.2) is 0 Å². The Morgan fingerprint density at radius 2 is 2.12 bits per heavy atom. The zero-order chi connectivity index (χ0) is 16.9. The molecule has 3 aromatic rings. The first-order valence-corrected chi connectivity index (χ1v) is 8.71. The van der Waals surface area contributed by atoms with Crippen LogP contribution in [-0.4, -0.2) is 16.8 Å². The van der Waals surface area contributed by atoms with E-state index in [1.807, 2.05) is 17.5 Å². The maximum Gasteiger partial charge on any atom is 0.288 e. The predicted molar refractivity (Wildman–Crippen MR) is 89.3 cm³/mol. The van der Waals surface area contributed by atoms with Crippen LogP contribution in [0.4, 0.5) is 8.78 Å². The topological polar surface area (TPSA) is 55.1 Å². The Morgan fingerprint density at radius 3 is 2.88 bits per heavy atom. The van der Waals surface area contributed by atoms with E-state index in [0.29, 0.717) is 23.2 Å². The predicted octanol–water partition coefficient (Wildman–Crippen LogP) is 4.65. The van der Waals surface area contributed by atoms with Crippen molar-refractivity contribution in [1.29, 1.82) is 0 Å². The molecule has 0 spiro atoms. The normalized spacial score (nSPS) is 11.0. The average molecular weight is 366 g/mol. The number of thiophene rings is 1. The number of halogens is 2. The average Bonchev–Trinajstić information content (AvgIpc) is 3.24. The number of hydrogen-bond acceptors (Lipinski definition) is 5. The summed E-state index contributed by atoms with van der Waals surface area (Å²) in [6, 6.07) is 11.8. The van der Waals surface area contributed by atoms with Crippen molar-refractivity contribution < 1.29 is 18.1 Å². The number of nitrogens with one attached hydrogen (secondary N) is 1. The Kier molecular flexibility index (Phi) is 5.27. The number of benzene rings is 1. The van der Waals surface area contributed by atoms with E-state index < -0.39 is 11.7 Å². The van der Waals surface area contributed by atoms with Crippen LogP contribution in [-0.2, 0) is 6.54 Å². The number of alkyl halides is 2. The summed E-state index contributed by atoms with van der Waals surface area (Å²) in [6.07, 6.45) is 0. The lowest BCUT2D eigenvalue weighted by molar-refractivity contribution is 0.0947. The molecule has 0 fully saturated rings. The molecule has 0 unspecified atom stereocenters. The maximum absolute atomic E-state index is 12.6. The molecule has 0 saturated carbocycles. The monoisotopic (exact) mass is 366 g/mol. The van der Waals surface area contributed by atoms with Crippen molar-refractivity contribution in [2.24, 2.45) is 0 Å². The third kappa shape index (κ3) is 4.01. The quantitative estimate of drug-likeness (QED) is 0.645. The van der Waals surface area contributed by atoms with Crippen LogP contribution in [0.3, 0.4) is 0 Å². The van der Waals surface area contributed by atoms with E-state index in [0.717, 1.165) is 4.88 Å². The second kappa shape index (κ2) is 7.59. The molecule has 0 radical (unpaired) electrons. The molecule has 0 atom stereocenters. The molecule has 0 aliphatic heterocycles. The molecule has 1 N–H and O–H groups in total. The van der Waals surface area contributed by atoms with Gasteiger partial charge in [-0.3, -0.25) is 4.79 Å². The van der Waals surface area contributed by atoms with Crippen molar-refractivity contribution in [3.63, 3.8) is 0 Å². The molecule has 0 saturated heterocycles. The van der Waals surface area contributed by atoms with Gasteiger partial charge in [0.2, 0.25) is 0 Å². The number of nitrogens with zero attached hydrogens (tertiary/aromatic N) is 1. The Balaban J connectivity index is 1.66. The van der Waals surface area contributed by atoms with Gasteiger partial charge in [-0.15, -0.1) is 11.3 Å². The summed E-state index contributed by atoms with van der Waals surface area (Å²) >= 11 is 1.87. The van der Waals surface area contributed by atoms with E-state index in [4.69, 9.17) is 4.52 Å². The lowest BCUT2D eigenvalue weighted by atomic mass is 10.2. The smallest absolute Gasteiger partial charge is 0.288 e. The van der Waals surface area contributed by atoms with Gasteiger partial charge in [0.25, 0.3) is 11.7 Å². The summed E-state index contributed by atoms with van der Waals surface area (Å²) in [6.45, 7) is 0.154. The SMILES string of the molecule is O=C(NCc1cc(-c2cccs2)on1)c1ccccc1SC(F)F. The van der Waals surface area contributed by atoms with Crippen molar-refractivity contribution >= 4 is 29.0 Å². The third-order valence-electron chi connectivity index (χ3n) is 3.10. The van der Waals surface area contributed by atoms with Crippen molar-refractivity contribution in [3.8, 4) is 10.6 Å². The molecule has 24 heavy (non-hydrogen) atoms. The standard InChI is InChI=1S/C16H12F2N2O2S2/c17-16(18)24-13-5-2-1-4-11(13)15(21)19-9-10-8-12(22-20-10)14-6-3-7-23-14/h1-8,16H,9H2,(H,19,21). The molecule has 124 valence electrons. The van der Waals surface area contributed by atoms with E-state index in [1.165, 1.54) is 23.5 Å². The van der Waals surface area contributed by atoms with E-state index in [2.05, 4.69) is 10.5 Å². The van der Waals surface area contributed by atoms with E-state index in [-0.39, 0.29) is 17.0 Å². The van der Waals surface area contributed by atoms with Crippen molar-refractivity contribution in [1.82, 2.24) is 10.5 Å². The lowest BCUT2D eigenvalue weighted by Gasteiger charge is -2.08. The fraction of sp³-hybridized carbons (Fsp3) is 0.125. The van der Waals surface area contributed by atoms with Crippen LogP contribution < -0.4 is 5.32 Å². The largest absolute Gasteiger partial charge is 0.355 e. The first-order chi connectivity index (χ1) is 11.6. The minimum absolute atomic E-state index is 0.154. The van der Waals surface area contributed by atoms with Gasteiger partial charge in [-0.05, 0) is 23.6 Å². The number of amides is 1. The molecular weight excluding hydrogens is 354 g/mol. The van der Waals surface area contributed by atoms with Crippen LogP contribution in [0, 0.1) is 0 Å². The van der Waals surface area contributed by atoms with Gasteiger partial charge < -0.3 is 9.84 Å². The second-order valence-electron chi connectivity index (χ2n) is 4.72. The van der Waals surface area contributed by atoms with Crippen LogP contribution >= 0.6 is 23.1 Å². The Labute approximate surface area is 144 Å². The van der Waals surface area contributed by atoms with Crippen LogP contribution in [0.25, 0.3) is 10.6 Å². The summed E-state index contributed by atoms with van der Waals surface area (Å²) in [7, 11) is 0. The summed E-state index contributed by atoms with van der Waals surface area (Å²) in [4.78, 5) is 13.4. The second-order valence-corrected chi connectivity index (χ2v) is 6.70. The molecular formula is C16H12F2N2O2S2. The summed E-state index contributed by atoms with van der Waals surface area (Å²) in [5.41, 5.74) is 0.774. The lowest BCUT2D eigenvalue weighted by Crippen LogP contribution is -2.23. The van der Waals surface area contributed by atoms with Gasteiger partial charge in [0.05, 0.1) is 17.0 Å². The zero-order valence-electron chi connectivity index (χ0n) is 12.2. The fourth-order valence-electron chi connectivity index (χ4n) is 2.05. The number of thioether (sulfide) groups is 1. The summed E-state index contributed by atoms with van der Waals surface area (Å²) < 4.78 is 30.4. The number of carbonyl (C=O) groups excluding carboxylic acids is 1. The first-order valence-electron chi connectivity index (χ1n) is 6.95. The van der Waals surface area contributed by atoms with E-state index >= 15 is 0 Å². The highest BCUT2D eigenvalue weighted by molar-refractivity contribution is 7.99. The minimum Gasteiger partial charge on any atom is -0.355 e. The minimum atomic E-state index is -2.58. The molecule has 2 heterocycles. The van der Waals surface area contributed by atoms with Crippen LogP contribution in [0.5, 0.6) is 0 Å². The number of aromatic nitrogens is 1.